The number of quaternary nitrogens is 1. The monoisotopic (exact) mass is 339 g/mol. The van der Waals surface area contributed by atoms with Crippen molar-refractivity contribution in [2.24, 2.45) is 0 Å². The summed E-state index contributed by atoms with van der Waals surface area (Å²) in [6.45, 7) is 0. The molecule has 25 heavy (non-hydrogen) atoms. The van der Waals surface area contributed by atoms with Crippen molar-refractivity contribution >= 4 is 23.0 Å². The first-order valence-electron chi connectivity index (χ1n) is 8.04. The van der Waals surface area contributed by atoms with E-state index in [2.05, 4.69) is 5.32 Å². The molecule has 2 aromatic rings. The van der Waals surface area contributed by atoms with E-state index in [-0.39, 0.29) is 11.5 Å². The van der Waals surface area contributed by atoms with E-state index in [0.29, 0.717) is 29.7 Å². The third kappa shape index (κ3) is 3.59. The van der Waals surface area contributed by atoms with Crippen molar-refractivity contribution < 1.29 is 18.9 Å². The Bertz CT molecular complexity index is 911. The highest BCUT2D eigenvalue weighted by molar-refractivity contribution is 6.06. The van der Waals surface area contributed by atoms with Gasteiger partial charge in [-0.1, -0.05) is 18.2 Å². The molecule has 3 rings (SSSR count). The number of carbonyl (C=O) groups excluding carboxylic acids is 2. The normalized spacial score (nSPS) is 15.3. The smallest absolute Gasteiger partial charge is 0.360 e. The van der Waals surface area contributed by atoms with Crippen LogP contribution < -0.4 is 15.8 Å². The summed E-state index contributed by atoms with van der Waals surface area (Å²) in [4.78, 5) is 37.8. The molecule has 0 spiro atoms. The number of nitrogens with one attached hydrogen (secondary N) is 2. The summed E-state index contributed by atoms with van der Waals surface area (Å²) >= 11 is 0. The van der Waals surface area contributed by atoms with E-state index in [1.54, 1.807) is 30.3 Å². The van der Waals surface area contributed by atoms with Gasteiger partial charge in [-0.3, -0.25) is 9.59 Å². The van der Waals surface area contributed by atoms with Crippen LogP contribution in [0.3, 0.4) is 0 Å². The predicted molar refractivity (Wildman–Crippen MR) is 93.7 cm³/mol. The molecule has 1 aromatic carbocycles. The van der Waals surface area contributed by atoms with Crippen LogP contribution in [0.4, 0.5) is 5.69 Å². The predicted octanol–water partition coefficient (Wildman–Crippen LogP) is 1.35. The molecule has 0 aliphatic heterocycles. The van der Waals surface area contributed by atoms with Gasteiger partial charge in [-0.2, -0.15) is 0 Å². The van der Waals surface area contributed by atoms with E-state index < -0.39 is 11.5 Å². The highest BCUT2D eigenvalue weighted by Crippen LogP contribution is 2.30. The molecule has 128 valence electrons. The van der Waals surface area contributed by atoms with Gasteiger partial charge in [-0.05, 0) is 24.6 Å². The minimum absolute atomic E-state index is 0.0283. The number of carbonyl (C=O) groups is 2. The summed E-state index contributed by atoms with van der Waals surface area (Å²) in [7, 11) is 3.88. The lowest BCUT2D eigenvalue weighted by Gasteiger charge is -2.17. The fourth-order valence-corrected chi connectivity index (χ4v) is 2.77. The van der Waals surface area contributed by atoms with Crippen LogP contribution in [-0.4, -0.2) is 25.8 Å². The number of rotatable bonds is 3. The summed E-state index contributed by atoms with van der Waals surface area (Å²) in [5.74, 6) is -0.218. The van der Waals surface area contributed by atoms with Gasteiger partial charge in [0.15, 0.2) is 11.5 Å². The number of benzene rings is 1. The molecule has 6 nitrogen and oxygen atoms in total. The van der Waals surface area contributed by atoms with Gasteiger partial charge < -0.3 is 14.6 Å². The van der Waals surface area contributed by atoms with Crippen LogP contribution in [0, 0.1) is 0 Å². The second-order valence-corrected chi connectivity index (χ2v) is 6.18. The van der Waals surface area contributed by atoms with Crippen LogP contribution in [0.25, 0.3) is 5.57 Å². The van der Waals surface area contributed by atoms with E-state index in [1.807, 2.05) is 20.3 Å². The SMILES string of the molecule is C[NH+](C)C=C1CCC(=O)c2cc(NC(=O)c3ccccc3)c(=O)oc21. The fourth-order valence-electron chi connectivity index (χ4n) is 2.77. The number of fused-ring (bicyclic) bond motifs is 1. The molecule has 0 saturated heterocycles. The maximum absolute atomic E-state index is 12.3. The van der Waals surface area contributed by atoms with Crippen LogP contribution in [0.1, 0.15) is 39.3 Å². The fraction of sp³-hybridized carbons (Fsp3) is 0.211. The van der Waals surface area contributed by atoms with Crippen molar-refractivity contribution in [1.82, 2.24) is 0 Å². The van der Waals surface area contributed by atoms with Crippen LogP contribution in [-0.2, 0) is 0 Å². The number of hydrogen-bond donors (Lipinski definition) is 2. The van der Waals surface area contributed by atoms with Crippen molar-refractivity contribution in [3.8, 4) is 0 Å². The maximum atomic E-state index is 12.3. The summed E-state index contributed by atoms with van der Waals surface area (Å²) in [6, 6.07) is 9.96. The molecule has 6 heteroatoms. The minimum atomic E-state index is -0.669. The first-order chi connectivity index (χ1) is 12.0. The van der Waals surface area contributed by atoms with Crippen LogP contribution >= 0.6 is 0 Å². The van der Waals surface area contributed by atoms with Crippen molar-refractivity contribution in [2.75, 3.05) is 19.4 Å². The summed E-state index contributed by atoms with van der Waals surface area (Å²) in [5.41, 5.74) is 0.883. The lowest BCUT2D eigenvalue weighted by atomic mass is 9.91. The first-order valence-corrected chi connectivity index (χ1v) is 8.04. The van der Waals surface area contributed by atoms with E-state index in [9.17, 15) is 14.4 Å². The van der Waals surface area contributed by atoms with Crippen molar-refractivity contribution in [2.45, 2.75) is 12.8 Å². The second kappa shape index (κ2) is 6.86. The van der Waals surface area contributed by atoms with E-state index in [4.69, 9.17) is 4.42 Å². The Balaban J connectivity index is 1.99. The van der Waals surface area contributed by atoms with Crippen LogP contribution in [0.5, 0.6) is 0 Å². The molecule has 2 N–H and O–H groups in total. The van der Waals surface area contributed by atoms with E-state index >= 15 is 0 Å². The zero-order valence-corrected chi connectivity index (χ0v) is 14.1. The molecule has 0 unspecified atom stereocenters. The quantitative estimate of drug-likeness (QED) is 0.885. The molecule has 1 aliphatic carbocycles. The van der Waals surface area contributed by atoms with E-state index in [0.717, 1.165) is 10.5 Å². The number of hydrogen-bond acceptors (Lipinski definition) is 4. The molecular weight excluding hydrogens is 320 g/mol. The van der Waals surface area contributed by atoms with Crippen molar-refractivity contribution in [1.29, 1.82) is 0 Å². The highest BCUT2D eigenvalue weighted by Gasteiger charge is 2.27. The van der Waals surface area contributed by atoms with Gasteiger partial charge in [0.1, 0.15) is 11.9 Å². The molecule has 0 fully saturated rings. The zero-order chi connectivity index (χ0) is 18.0. The standard InChI is InChI=1S/C19H18N2O4/c1-21(2)11-13-8-9-16(22)14-10-15(19(24)25-17(13)14)20-18(23)12-6-4-3-5-7-12/h3-7,10-11H,8-9H2,1-2H3,(H,20,23)/p+1. The van der Waals surface area contributed by atoms with Gasteiger partial charge >= 0.3 is 5.63 Å². The number of amides is 1. The van der Waals surface area contributed by atoms with Gasteiger partial charge in [0.2, 0.25) is 0 Å². The number of allylic oxidation sites excluding steroid dienone is 1. The lowest BCUT2D eigenvalue weighted by Crippen LogP contribution is -3.00. The number of Topliss-reactive ketones (excluding diaryl/α,β-unsaturated/α-hetero) is 1. The first kappa shape index (κ1) is 16.9. The Morgan fingerprint density at radius 3 is 2.56 bits per heavy atom. The summed E-state index contributed by atoms with van der Waals surface area (Å²) in [5, 5.41) is 2.53. The maximum Gasteiger partial charge on any atom is 0.360 e. The molecule has 1 heterocycles. The average Bonchev–Trinajstić information content (AvgIpc) is 2.59. The van der Waals surface area contributed by atoms with Crippen molar-refractivity contribution in [3.05, 3.63) is 69.9 Å². The Labute approximate surface area is 144 Å². The Morgan fingerprint density at radius 2 is 1.88 bits per heavy atom. The average molecular weight is 339 g/mol. The molecule has 0 radical (unpaired) electrons. The minimum Gasteiger partial charge on any atom is -0.421 e. The van der Waals surface area contributed by atoms with Gasteiger partial charge in [0.25, 0.3) is 5.91 Å². The second-order valence-electron chi connectivity index (χ2n) is 6.18. The molecule has 0 bridgehead atoms. The molecule has 0 saturated carbocycles. The Hall–Kier alpha value is -2.99. The molecule has 1 aliphatic rings. The summed E-state index contributed by atoms with van der Waals surface area (Å²) in [6.07, 6.45) is 2.80. The Kier molecular flexibility index (Phi) is 4.63. The topological polar surface area (TPSA) is 80.8 Å². The van der Waals surface area contributed by atoms with Crippen molar-refractivity contribution in [3.63, 3.8) is 0 Å². The van der Waals surface area contributed by atoms with Gasteiger partial charge in [-0.15, -0.1) is 0 Å². The zero-order valence-electron chi connectivity index (χ0n) is 14.1. The van der Waals surface area contributed by atoms with E-state index in [1.165, 1.54) is 6.07 Å². The summed E-state index contributed by atoms with van der Waals surface area (Å²) < 4.78 is 5.38. The van der Waals surface area contributed by atoms with Gasteiger partial charge in [0, 0.05) is 17.6 Å². The number of ketones is 1. The molecule has 1 aromatic heterocycles. The van der Waals surface area contributed by atoms with Gasteiger partial charge in [-0.25, -0.2) is 4.79 Å². The molecule has 1 amide bonds. The number of anilines is 1. The third-order valence-corrected chi connectivity index (χ3v) is 3.91. The largest absolute Gasteiger partial charge is 0.421 e. The lowest BCUT2D eigenvalue weighted by molar-refractivity contribution is -0.800. The third-order valence-electron chi connectivity index (χ3n) is 3.91. The highest BCUT2D eigenvalue weighted by atomic mass is 16.4. The van der Waals surface area contributed by atoms with Crippen LogP contribution in [0.15, 0.2) is 51.8 Å². The molecular formula is C19H19N2O4+. The van der Waals surface area contributed by atoms with Crippen LogP contribution in [0.2, 0.25) is 0 Å². The molecule has 0 atom stereocenters. The Morgan fingerprint density at radius 1 is 1.16 bits per heavy atom. The van der Waals surface area contributed by atoms with Gasteiger partial charge in [0.05, 0.1) is 19.7 Å².